The van der Waals surface area contributed by atoms with Crippen molar-refractivity contribution >= 4 is 35.0 Å². The van der Waals surface area contributed by atoms with Gasteiger partial charge in [0.25, 0.3) is 0 Å². The fourth-order valence-corrected chi connectivity index (χ4v) is 2.32. The van der Waals surface area contributed by atoms with E-state index in [0.717, 1.165) is 4.21 Å². The number of hydrogen-bond acceptors (Lipinski definition) is 4. The van der Waals surface area contributed by atoms with Crippen LogP contribution in [0, 0.1) is 0 Å². The maximum Gasteiger partial charge on any atom is 0.322 e. The van der Waals surface area contributed by atoms with Crippen molar-refractivity contribution < 1.29 is 14.7 Å². The quantitative estimate of drug-likeness (QED) is 0.743. The molecule has 0 aliphatic heterocycles. The fraction of sp³-hybridized carbons (Fsp3) is 0.250. The number of thioether (sulfide) groups is 1. The van der Waals surface area contributed by atoms with E-state index in [1.54, 1.807) is 11.3 Å². The van der Waals surface area contributed by atoms with E-state index in [2.05, 4.69) is 5.32 Å². The minimum Gasteiger partial charge on any atom is -0.480 e. The van der Waals surface area contributed by atoms with E-state index >= 15 is 0 Å². The highest BCUT2D eigenvalue weighted by Crippen LogP contribution is 2.22. The van der Waals surface area contributed by atoms with Crippen LogP contribution in [0.1, 0.15) is 0 Å². The van der Waals surface area contributed by atoms with Crippen molar-refractivity contribution in [2.24, 2.45) is 0 Å². The largest absolute Gasteiger partial charge is 0.480 e. The molecule has 0 bridgehead atoms. The summed E-state index contributed by atoms with van der Waals surface area (Å²) >= 11 is 2.96. The zero-order valence-corrected chi connectivity index (χ0v) is 8.86. The highest BCUT2D eigenvalue weighted by molar-refractivity contribution is 8.01. The van der Waals surface area contributed by atoms with Gasteiger partial charge in [0.2, 0.25) is 5.91 Å². The van der Waals surface area contributed by atoms with E-state index < -0.39 is 5.97 Å². The van der Waals surface area contributed by atoms with E-state index in [1.165, 1.54) is 11.8 Å². The van der Waals surface area contributed by atoms with E-state index in [9.17, 15) is 9.59 Å². The van der Waals surface area contributed by atoms with Crippen molar-refractivity contribution in [1.29, 1.82) is 0 Å². The van der Waals surface area contributed by atoms with Gasteiger partial charge in [0.05, 0.1) is 9.96 Å². The van der Waals surface area contributed by atoms with Crippen molar-refractivity contribution in [3.05, 3.63) is 17.5 Å². The topological polar surface area (TPSA) is 66.4 Å². The van der Waals surface area contributed by atoms with Crippen molar-refractivity contribution in [3.8, 4) is 0 Å². The lowest BCUT2D eigenvalue weighted by Gasteiger charge is -2.00. The highest BCUT2D eigenvalue weighted by atomic mass is 32.2. The number of hydrogen-bond donors (Lipinski definition) is 2. The van der Waals surface area contributed by atoms with Crippen LogP contribution in [0.15, 0.2) is 21.7 Å². The van der Waals surface area contributed by atoms with Crippen LogP contribution in [0.5, 0.6) is 0 Å². The SMILES string of the molecule is O=C(O)CNC(=O)CSc1cccs1. The molecule has 0 spiro atoms. The Morgan fingerprint density at radius 3 is 2.93 bits per heavy atom. The standard InChI is InChI=1S/C8H9NO3S2/c10-6(9-4-7(11)12)5-14-8-2-1-3-13-8/h1-3H,4-5H2,(H,9,10)(H,11,12). The average molecular weight is 231 g/mol. The first-order valence-corrected chi connectivity index (χ1v) is 5.70. The van der Waals surface area contributed by atoms with Gasteiger partial charge in [-0.3, -0.25) is 9.59 Å². The summed E-state index contributed by atoms with van der Waals surface area (Å²) in [6.07, 6.45) is 0. The maximum absolute atomic E-state index is 11.1. The van der Waals surface area contributed by atoms with Gasteiger partial charge >= 0.3 is 5.97 Å². The number of carbonyl (C=O) groups is 2. The van der Waals surface area contributed by atoms with Gasteiger partial charge in [-0.15, -0.1) is 23.1 Å². The van der Waals surface area contributed by atoms with Crippen LogP contribution in [0.3, 0.4) is 0 Å². The number of carboxylic acids is 1. The number of amides is 1. The Balaban J connectivity index is 2.18. The zero-order chi connectivity index (χ0) is 10.4. The monoisotopic (exact) mass is 231 g/mol. The lowest BCUT2D eigenvalue weighted by atomic mass is 10.6. The molecule has 0 radical (unpaired) electrons. The molecule has 6 heteroatoms. The highest BCUT2D eigenvalue weighted by Gasteiger charge is 2.04. The first-order valence-electron chi connectivity index (χ1n) is 3.83. The van der Waals surface area contributed by atoms with Crippen LogP contribution in [-0.2, 0) is 9.59 Å². The van der Waals surface area contributed by atoms with Gasteiger partial charge in [-0.25, -0.2) is 0 Å². The molecule has 14 heavy (non-hydrogen) atoms. The first kappa shape index (κ1) is 11.1. The molecule has 0 aliphatic rings. The summed E-state index contributed by atoms with van der Waals surface area (Å²) in [6, 6.07) is 3.82. The molecule has 76 valence electrons. The van der Waals surface area contributed by atoms with Gasteiger partial charge in [-0.1, -0.05) is 6.07 Å². The molecule has 0 saturated heterocycles. The molecule has 0 unspecified atom stereocenters. The van der Waals surface area contributed by atoms with Crippen LogP contribution in [0.2, 0.25) is 0 Å². The molecule has 4 nitrogen and oxygen atoms in total. The number of nitrogens with one attached hydrogen (secondary N) is 1. The molecular formula is C8H9NO3S2. The third-order valence-electron chi connectivity index (χ3n) is 1.28. The summed E-state index contributed by atoms with van der Waals surface area (Å²) in [5, 5.41) is 12.5. The molecule has 0 aliphatic carbocycles. The molecule has 1 heterocycles. The zero-order valence-electron chi connectivity index (χ0n) is 7.23. The van der Waals surface area contributed by atoms with E-state index in [-0.39, 0.29) is 18.2 Å². The average Bonchev–Trinajstić information content (AvgIpc) is 2.63. The van der Waals surface area contributed by atoms with Crippen LogP contribution < -0.4 is 5.32 Å². The second-order valence-corrected chi connectivity index (χ2v) is 4.61. The Hall–Kier alpha value is -1.01. The Morgan fingerprint density at radius 2 is 2.36 bits per heavy atom. The molecule has 2 N–H and O–H groups in total. The second-order valence-electron chi connectivity index (χ2n) is 2.39. The lowest BCUT2D eigenvalue weighted by molar-refractivity contribution is -0.137. The Labute approximate surface area is 89.3 Å². The third kappa shape index (κ3) is 4.29. The smallest absolute Gasteiger partial charge is 0.322 e. The molecular weight excluding hydrogens is 222 g/mol. The lowest BCUT2D eigenvalue weighted by Crippen LogP contribution is -2.30. The first-order chi connectivity index (χ1) is 6.68. The molecule has 0 saturated carbocycles. The van der Waals surface area contributed by atoms with E-state index in [4.69, 9.17) is 5.11 Å². The Bertz CT molecular complexity index is 310. The van der Waals surface area contributed by atoms with Gasteiger partial charge in [0.15, 0.2) is 0 Å². The molecule has 1 amide bonds. The van der Waals surface area contributed by atoms with Crippen LogP contribution in [0.25, 0.3) is 0 Å². The van der Waals surface area contributed by atoms with Crippen LogP contribution in [0.4, 0.5) is 0 Å². The number of aliphatic carboxylic acids is 1. The number of carboxylic acid groups (broad SMARTS) is 1. The molecule has 0 aromatic carbocycles. The summed E-state index contributed by atoms with van der Waals surface area (Å²) in [6.45, 7) is -0.316. The maximum atomic E-state index is 11.1. The van der Waals surface area contributed by atoms with Crippen LogP contribution in [-0.4, -0.2) is 29.3 Å². The summed E-state index contributed by atoms with van der Waals surface area (Å²) < 4.78 is 1.05. The third-order valence-corrected chi connectivity index (χ3v) is 3.41. The molecule has 1 aromatic heterocycles. The summed E-state index contributed by atoms with van der Waals surface area (Å²) in [7, 11) is 0. The number of rotatable bonds is 5. The molecule has 1 aromatic rings. The summed E-state index contributed by atoms with van der Waals surface area (Å²) in [5.74, 6) is -1.03. The van der Waals surface area contributed by atoms with Gasteiger partial charge < -0.3 is 10.4 Å². The van der Waals surface area contributed by atoms with E-state index in [1.807, 2.05) is 17.5 Å². The predicted molar refractivity (Wildman–Crippen MR) is 55.7 cm³/mol. The molecule has 1 rings (SSSR count). The van der Waals surface area contributed by atoms with Gasteiger partial charge in [0, 0.05) is 0 Å². The summed E-state index contributed by atoms with van der Waals surface area (Å²) in [4.78, 5) is 21.2. The second kappa shape index (κ2) is 5.66. The molecule has 0 atom stereocenters. The normalized spacial score (nSPS) is 9.71. The van der Waals surface area contributed by atoms with Crippen molar-refractivity contribution in [2.45, 2.75) is 4.21 Å². The van der Waals surface area contributed by atoms with Crippen LogP contribution >= 0.6 is 23.1 Å². The van der Waals surface area contributed by atoms with Gasteiger partial charge in [-0.05, 0) is 11.4 Å². The Morgan fingerprint density at radius 1 is 1.57 bits per heavy atom. The minimum absolute atomic E-state index is 0.258. The van der Waals surface area contributed by atoms with Crippen molar-refractivity contribution in [1.82, 2.24) is 5.32 Å². The van der Waals surface area contributed by atoms with Gasteiger partial charge in [0.1, 0.15) is 6.54 Å². The molecule has 0 fully saturated rings. The van der Waals surface area contributed by atoms with Crippen molar-refractivity contribution in [3.63, 3.8) is 0 Å². The summed E-state index contributed by atoms with van der Waals surface area (Å²) in [5.41, 5.74) is 0. The number of carbonyl (C=O) groups excluding carboxylic acids is 1. The Kier molecular flexibility index (Phi) is 4.48. The van der Waals surface area contributed by atoms with Gasteiger partial charge in [-0.2, -0.15) is 0 Å². The number of thiophene rings is 1. The van der Waals surface area contributed by atoms with Crippen molar-refractivity contribution in [2.75, 3.05) is 12.3 Å². The minimum atomic E-state index is -1.03. The fourth-order valence-electron chi connectivity index (χ4n) is 0.708. The van der Waals surface area contributed by atoms with E-state index in [0.29, 0.717) is 0 Å². The predicted octanol–water partition coefficient (Wildman–Crippen LogP) is 1.04.